The van der Waals surface area contributed by atoms with Crippen LogP contribution in [0, 0.1) is 5.82 Å². The van der Waals surface area contributed by atoms with E-state index in [1.807, 2.05) is 6.08 Å². The molecular weight excluding hydrogens is 187 g/mol. The zero-order chi connectivity index (χ0) is 9.84. The maximum absolute atomic E-state index is 12.8. The zero-order valence-corrected chi connectivity index (χ0v) is 8.31. The highest BCUT2D eigenvalue weighted by molar-refractivity contribution is 6.30. The van der Waals surface area contributed by atoms with Gasteiger partial charge in [0.1, 0.15) is 5.82 Å². The van der Waals surface area contributed by atoms with Crippen LogP contribution in [0.25, 0.3) is 0 Å². The molecule has 0 amide bonds. The standard InChI is InChI=1S/C11H12ClF/c1-3-4-8(2)9-5-6-11(13)10(12)7-9/h3,5-8H,1,4H2,2H3. The van der Waals surface area contributed by atoms with Gasteiger partial charge in [-0.05, 0) is 30.0 Å². The minimum atomic E-state index is -0.365. The van der Waals surface area contributed by atoms with E-state index in [1.165, 1.54) is 6.07 Å². The summed E-state index contributed by atoms with van der Waals surface area (Å²) in [5.41, 5.74) is 1.05. The molecule has 0 aliphatic rings. The van der Waals surface area contributed by atoms with Crippen molar-refractivity contribution in [3.63, 3.8) is 0 Å². The molecule has 70 valence electrons. The average Bonchev–Trinajstić information content (AvgIpc) is 2.10. The Bertz CT molecular complexity index is 307. The van der Waals surface area contributed by atoms with Gasteiger partial charge < -0.3 is 0 Å². The van der Waals surface area contributed by atoms with Crippen molar-refractivity contribution in [1.29, 1.82) is 0 Å². The Kier molecular flexibility index (Phi) is 3.49. The van der Waals surface area contributed by atoms with E-state index in [-0.39, 0.29) is 10.8 Å². The van der Waals surface area contributed by atoms with Crippen molar-refractivity contribution < 1.29 is 4.39 Å². The lowest BCUT2D eigenvalue weighted by atomic mass is 9.98. The summed E-state index contributed by atoms with van der Waals surface area (Å²) in [5, 5.41) is 0.188. The lowest BCUT2D eigenvalue weighted by Gasteiger charge is -2.09. The van der Waals surface area contributed by atoms with Crippen LogP contribution in [-0.2, 0) is 0 Å². The highest BCUT2D eigenvalue weighted by atomic mass is 35.5. The fourth-order valence-corrected chi connectivity index (χ4v) is 1.39. The van der Waals surface area contributed by atoms with E-state index in [4.69, 9.17) is 11.6 Å². The first-order valence-electron chi connectivity index (χ1n) is 4.21. The summed E-state index contributed by atoms with van der Waals surface area (Å²) in [6.45, 7) is 5.72. The lowest BCUT2D eigenvalue weighted by molar-refractivity contribution is 0.626. The van der Waals surface area contributed by atoms with Gasteiger partial charge in [-0.25, -0.2) is 4.39 Å². The summed E-state index contributed by atoms with van der Waals surface area (Å²) in [6.07, 6.45) is 2.73. The predicted octanol–water partition coefficient (Wildman–Crippen LogP) is 4.16. The minimum Gasteiger partial charge on any atom is -0.205 e. The molecule has 1 unspecified atom stereocenters. The first-order valence-corrected chi connectivity index (χ1v) is 4.58. The highest BCUT2D eigenvalue weighted by Gasteiger charge is 2.06. The van der Waals surface area contributed by atoms with Crippen LogP contribution in [0.3, 0.4) is 0 Å². The van der Waals surface area contributed by atoms with Crippen molar-refractivity contribution in [2.45, 2.75) is 19.3 Å². The number of benzene rings is 1. The van der Waals surface area contributed by atoms with Crippen LogP contribution in [0.5, 0.6) is 0 Å². The Hall–Kier alpha value is -0.820. The molecule has 0 bridgehead atoms. The van der Waals surface area contributed by atoms with Crippen molar-refractivity contribution >= 4 is 11.6 Å². The minimum absolute atomic E-state index is 0.188. The summed E-state index contributed by atoms with van der Waals surface area (Å²) >= 11 is 5.66. The Morgan fingerprint density at radius 2 is 2.31 bits per heavy atom. The smallest absolute Gasteiger partial charge is 0.141 e. The Balaban J connectivity index is 2.89. The molecule has 0 nitrogen and oxygen atoms in total. The number of rotatable bonds is 3. The van der Waals surface area contributed by atoms with Crippen LogP contribution in [-0.4, -0.2) is 0 Å². The van der Waals surface area contributed by atoms with Crippen molar-refractivity contribution in [3.05, 3.63) is 47.3 Å². The molecule has 1 aromatic carbocycles. The van der Waals surface area contributed by atoms with Crippen LogP contribution in [0.4, 0.5) is 4.39 Å². The summed E-state index contributed by atoms with van der Waals surface area (Å²) in [6, 6.07) is 4.83. The molecule has 1 aromatic rings. The molecule has 0 spiro atoms. The van der Waals surface area contributed by atoms with Gasteiger partial charge in [-0.1, -0.05) is 30.7 Å². The Morgan fingerprint density at radius 3 is 2.85 bits per heavy atom. The van der Waals surface area contributed by atoms with E-state index in [0.29, 0.717) is 5.92 Å². The van der Waals surface area contributed by atoms with Crippen LogP contribution >= 0.6 is 11.6 Å². The summed E-state index contributed by atoms with van der Waals surface area (Å²) in [7, 11) is 0. The van der Waals surface area contributed by atoms with Gasteiger partial charge in [-0.3, -0.25) is 0 Å². The van der Waals surface area contributed by atoms with E-state index in [9.17, 15) is 4.39 Å². The number of halogens is 2. The number of hydrogen-bond acceptors (Lipinski definition) is 0. The van der Waals surface area contributed by atoms with Crippen molar-refractivity contribution in [3.8, 4) is 0 Å². The Labute approximate surface area is 83.0 Å². The fourth-order valence-electron chi connectivity index (χ4n) is 1.20. The molecule has 13 heavy (non-hydrogen) atoms. The largest absolute Gasteiger partial charge is 0.205 e. The molecule has 0 fully saturated rings. The molecule has 0 saturated heterocycles. The molecule has 0 N–H and O–H groups in total. The first kappa shape index (κ1) is 10.3. The van der Waals surface area contributed by atoms with Gasteiger partial charge >= 0.3 is 0 Å². The van der Waals surface area contributed by atoms with Crippen LogP contribution in [0.2, 0.25) is 5.02 Å². The molecular formula is C11H12ClF. The summed E-state index contributed by atoms with van der Waals surface area (Å²) < 4.78 is 12.8. The Morgan fingerprint density at radius 1 is 1.62 bits per heavy atom. The van der Waals surface area contributed by atoms with E-state index in [2.05, 4.69) is 13.5 Å². The molecule has 1 atom stereocenters. The molecule has 0 aromatic heterocycles. The number of allylic oxidation sites excluding steroid dienone is 1. The normalized spacial score (nSPS) is 12.5. The summed E-state index contributed by atoms with van der Waals surface area (Å²) in [5.74, 6) is -0.0215. The predicted molar refractivity (Wildman–Crippen MR) is 54.6 cm³/mol. The van der Waals surface area contributed by atoms with Gasteiger partial charge in [0.25, 0.3) is 0 Å². The van der Waals surface area contributed by atoms with Gasteiger partial charge in [0, 0.05) is 0 Å². The zero-order valence-electron chi connectivity index (χ0n) is 7.56. The molecule has 0 aliphatic carbocycles. The SMILES string of the molecule is C=CCC(C)c1ccc(F)c(Cl)c1. The third kappa shape index (κ3) is 2.56. The second-order valence-electron chi connectivity index (χ2n) is 3.10. The van der Waals surface area contributed by atoms with Gasteiger partial charge in [0.2, 0.25) is 0 Å². The third-order valence-electron chi connectivity index (χ3n) is 2.03. The van der Waals surface area contributed by atoms with E-state index < -0.39 is 0 Å². The fraction of sp³-hybridized carbons (Fsp3) is 0.273. The second-order valence-corrected chi connectivity index (χ2v) is 3.51. The van der Waals surface area contributed by atoms with Crippen LogP contribution in [0.15, 0.2) is 30.9 Å². The van der Waals surface area contributed by atoms with Crippen molar-refractivity contribution in [1.82, 2.24) is 0 Å². The second kappa shape index (κ2) is 4.43. The maximum atomic E-state index is 12.8. The number of hydrogen-bond donors (Lipinski definition) is 0. The van der Waals surface area contributed by atoms with Gasteiger partial charge in [-0.15, -0.1) is 6.58 Å². The van der Waals surface area contributed by atoms with E-state index >= 15 is 0 Å². The average molecular weight is 199 g/mol. The molecule has 0 saturated carbocycles. The van der Waals surface area contributed by atoms with Crippen molar-refractivity contribution in [2.24, 2.45) is 0 Å². The first-order chi connectivity index (χ1) is 6.15. The molecule has 2 heteroatoms. The maximum Gasteiger partial charge on any atom is 0.141 e. The lowest BCUT2D eigenvalue weighted by Crippen LogP contribution is -1.92. The summed E-state index contributed by atoms with van der Waals surface area (Å²) in [4.78, 5) is 0. The third-order valence-corrected chi connectivity index (χ3v) is 2.32. The molecule has 0 aliphatic heterocycles. The van der Waals surface area contributed by atoms with Gasteiger partial charge in [-0.2, -0.15) is 0 Å². The molecule has 1 rings (SSSR count). The van der Waals surface area contributed by atoms with Gasteiger partial charge in [0.05, 0.1) is 5.02 Å². The highest BCUT2D eigenvalue weighted by Crippen LogP contribution is 2.24. The molecule has 0 radical (unpaired) electrons. The topological polar surface area (TPSA) is 0 Å². The quantitative estimate of drug-likeness (QED) is 0.640. The van der Waals surface area contributed by atoms with E-state index in [1.54, 1.807) is 12.1 Å². The van der Waals surface area contributed by atoms with Crippen molar-refractivity contribution in [2.75, 3.05) is 0 Å². The monoisotopic (exact) mass is 198 g/mol. The van der Waals surface area contributed by atoms with Crippen LogP contribution in [0.1, 0.15) is 24.8 Å². The molecule has 0 heterocycles. The van der Waals surface area contributed by atoms with Crippen LogP contribution < -0.4 is 0 Å². The van der Waals surface area contributed by atoms with E-state index in [0.717, 1.165) is 12.0 Å². The van der Waals surface area contributed by atoms with Gasteiger partial charge in [0.15, 0.2) is 0 Å².